The molecule has 0 saturated carbocycles. The molecule has 3 aromatic rings. The first-order chi connectivity index (χ1) is 14.4. The summed E-state index contributed by atoms with van der Waals surface area (Å²) in [5.41, 5.74) is 3.27. The Morgan fingerprint density at radius 1 is 1.03 bits per heavy atom. The van der Waals surface area contributed by atoms with Gasteiger partial charge in [-0.2, -0.15) is 0 Å². The van der Waals surface area contributed by atoms with Crippen molar-refractivity contribution in [1.29, 1.82) is 0 Å². The molecule has 0 heterocycles. The van der Waals surface area contributed by atoms with E-state index in [9.17, 15) is 14.9 Å². The van der Waals surface area contributed by atoms with E-state index in [4.69, 9.17) is 9.47 Å². The second-order valence-electron chi connectivity index (χ2n) is 6.84. The summed E-state index contributed by atoms with van der Waals surface area (Å²) < 4.78 is 11.2. The lowest BCUT2D eigenvalue weighted by Crippen LogP contribution is -2.14. The fourth-order valence-electron chi connectivity index (χ4n) is 2.88. The van der Waals surface area contributed by atoms with Crippen molar-refractivity contribution in [2.24, 2.45) is 0 Å². The van der Waals surface area contributed by atoms with E-state index >= 15 is 0 Å². The maximum atomic E-state index is 12.7. The van der Waals surface area contributed by atoms with Crippen LogP contribution < -0.4 is 14.8 Å². The van der Waals surface area contributed by atoms with Crippen LogP contribution in [-0.4, -0.2) is 17.9 Å². The van der Waals surface area contributed by atoms with Crippen LogP contribution in [0.4, 0.5) is 11.4 Å². The highest BCUT2D eigenvalue weighted by Crippen LogP contribution is 2.25. The molecular weight excluding hydrogens is 384 g/mol. The first kappa shape index (κ1) is 20.9. The minimum atomic E-state index is -0.497. The molecule has 0 saturated heterocycles. The maximum absolute atomic E-state index is 12.7. The van der Waals surface area contributed by atoms with E-state index in [2.05, 4.69) is 5.32 Å². The van der Waals surface area contributed by atoms with Gasteiger partial charge in [-0.15, -0.1) is 0 Å². The summed E-state index contributed by atoms with van der Waals surface area (Å²) in [5.74, 6) is 0.938. The molecule has 1 N–H and O–H groups in total. The summed E-state index contributed by atoms with van der Waals surface area (Å²) in [6.07, 6.45) is 0. The van der Waals surface area contributed by atoms with Gasteiger partial charge in [-0.3, -0.25) is 14.9 Å². The normalized spacial score (nSPS) is 10.4. The average molecular weight is 406 g/mol. The van der Waals surface area contributed by atoms with Gasteiger partial charge >= 0.3 is 0 Å². The van der Waals surface area contributed by atoms with E-state index in [1.54, 1.807) is 38.3 Å². The summed E-state index contributed by atoms with van der Waals surface area (Å²) >= 11 is 0. The fourth-order valence-corrected chi connectivity index (χ4v) is 2.88. The van der Waals surface area contributed by atoms with Crippen LogP contribution in [0.5, 0.6) is 11.5 Å². The number of benzene rings is 3. The lowest BCUT2D eigenvalue weighted by atomic mass is 10.1. The Kier molecular flexibility index (Phi) is 6.32. The van der Waals surface area contributed by atoms with Gasteiger partial charge in [0.05, 0.1) is 17.7 Å². The maximum Gasteiger partial charge on any atom is 0.271 e. The smallest absolute Gasteiger partial charge is 0.271 e. The van der Waals surface area contributed by atoms with Crippen LogP contribution in [0.25, 0.3) is 0 Å². The quantitative estimate of drug-likeness (QED) is 0.438. The monoisotopic (exact) mass is 406 g/mol. The van der Waals surface area contributed by atoms with Crippen LogP contribution in [-0.2, 0) is 6.61 Å². The number of anilines is 1. The molecule has 0 spiro atoms. The Hall–Kier alpha value is -3.87. The summed E-state index contributed by atoms with van der Waals surface area (Å²) in [5, 5.41) is 13.7. The van der Waals surface area contributed by atoms with Crippen molar-refractivity contribution in [3.63, 3.8) is 0 Å². The Labute approximate surface area is 174 Å². The number of nitrogens with zero attached hydrogens (tertiary/aromatic N) is 1. The van der Waals surface area contributed by atoms with Crippen molar-refractivity contribution >= 4 is 17.3 Å². The van der Waals surface area contributed by atoms with Gasteiger partial charge in [0.1, 0.15) is 18.1 Å². The van der Waals surface area contributed by atoms with Crippen molar-refractivity contribution in [2.75, 3.05) is 12.4 Å². The summed E-state index contributed by atoms with van der Waals surface area (Å²) in [6, 6.07) is 17.0. The number of amides is 1. The zero-order valence-electron chi connectivity index (χ0n) is 17.0. The van der Waals surface area contributed by atoms with Crippen LogP contribution in [0.3, 0.4) is 0 Å². The van der Waals surface area contributed by atoms with Crippen molar-refractivity contribution in [1.82, 2.24) is 0 Å². The average Bonchev–Trinajstić information content (AvgIpc) is 2.74. The van der Waals surface area contributed by atoms with E-state index in [0.717, 1.165) is 11.1 Å². The zero-order valence-corrected chi connectivity index (χ0v) is 17.0. The Morgan fingerprint density at radius 2 is 1.77 bits per heavy atom. The molecule has 154 valence electrons. The third kappa shape index (κ3) is 4.94. The number of nitro groups is 1. The third-order valence-electron chi connectivity index (χ3n) is 4.64. The molecule has 0 aliphatic heterocycles. The van der Waals surface area contributed by atoms with E-state index in [0.29, 0.717) is 28.3 Å². The van der Waals surface area contributed by atoms with E-state index in [-0.39, 0.29) is 18.2 Å². The molecule has 0 bridgehead atoms. The van der Waals surface area contributed by atoms with Gasteiger partial charge in [-0.05, 0) is 49.7 Å². The predicted octanol–water partition coefficient (Wildman–Crippen LogP) is 5.05. The number of hydrogen-bond donors (Lipinski definition) is 1. The van der Waals surface area contributed by atoms with Crippen molar-refractivity contribution in [2.45, 2.75) is 20.5 Å². The predicted molar refractivity (Wildman–Crippen MR) is 114 cm³/mol. The molecule has 7 nitrogen and oxygen atoms in total. The van der Waals surface area contributed by atoms with Crippen LogP contribution in [0.2, 0.25) is 0 Å². The lowest BCUT2D eigenvalue weighted by Gasteiger charge is -2.13. The molecule has 3 rings (SSSR count). The zero-order chi connectivity index (χ0) is 21.7. The van der Waals surface area contributed by atoms with E-state index < -0.39 is 4.92 Å². The molecule has 0 aromatic heterocycles. The van der Waals surface area contributed by atoms with Crippen LogP contribution in [0.1, 0.15) is 27.0 Å². The molecule has 3 aromatic carbocycles. The standard InChI is InChI=1S/C23H22N2O5/c1-15-4-9-20(10-5-15)30-14-18-12-17(7-11-22(18)29-3)23(26)24-21-13-19(25(27)28)8-6-16(21)2/h4-13H,14H2,1-3H3,(H,24,26). The molecule has 0 radical (unpaired) electrons. The van der Waals surface area contributed by atoms with Crippen molar-refractivity contribution < 1.29 is 19.2 Å². The number of aryl methyl sites for hydroxylation is 2. The highest BCUT2D eigenvalue weighted by atomic mass is 16.6. The number of rotatable bonds is 7. The van der Waals surface area contributed by atoms with Crippen LogP contribution in [0.15, 0.2) is 60.7 Å². The molecule has 0 atom stereocenters. The van der Waals surface area contributed by atoms with E-state index in [1.807, 2.05) is 31.2 Å². The van der Waals surface area contributed by atoms with Gasteiger partial charge in [-0.25, -0.2) is 0 Å². The molecule has 0 unspecified atom stereocenters. The molecule has 1 amide bonds. The number of nitrogens with one attached hydrogen (secondary N) is 1. The SMILES string of the molecule is COc1ccc(C(=O)Nc2cc([N+](=O)[O-])ccc2C)cc1COc1ccc(C)cc1. The largest absolute Gasteiger partial charge is 0.496 e. The molecule has 7 heteroatoms. The molecular formula is C23H22N2O5. The number of ether oxygens (including phenoxy) is 2. The Balaban J connectivity index is 1.79. The van der Waals surface area contributed by atoms with Crippen LogP contribution in [0, 0.1) is 24.0 Å². The molecule has 0 aliphatic rings. The topological polar surface area (TPSA) is 90.7 Å². The highest BCUT2D eigenvalue weighted by molar-refractivity contribution is 6.05. The van der Waals surface area contributed by atoms with Gasteiger partial charge in [-0.1, -0.05) is 23.8 Å². The summed E-state index contributed by atoms with van der Waals surface area (Å²) in [7, 11) is 1.55. The molecule has 0 aliphatic carbocycles. The van der Waals surface area contributed by atoms with Gasteiger partial charge in [0, 0.05) is 23.3 Å². The second-order valence-corrected chi connectivity index (χ2v) is 6.84. The number of methoxy groups -OCH3 is 1. The first-order valence-electron chi connectivity index (χ1n) is 9.30. The van der Waals surface area contributed by atoms with Gasteiger partial charge in [0.2, 0.25) is 0 Å². The minimum absolute atomic E-state index is 0.0854. The molecule has 30 heavy (non-hydrogen) atoms. The minimum Gasteiger partial charge on any atom is -0.496 e. The summed E-state index contributed by atoms with van der Waals surface area (Å²) in [6.45, 7) is 4.00. The van der Waals surface area contributed by atoms with Crippen molar-refractivity contribution in [3.8, 4) is 11.5 Å². The summed E-state index contributed by atoms with van der Waals surface area (Å²) in [4.78, 5) is 23.3. The molecule has 0 fully saturated rings. The Bertz CT molecular complexity index is 1080. The number of non-ortho nitro benzene ring substituents is 1. The number of hydrogen-bond acceptors (Lipinski definition) is 5. The second kappa shape index (κ2) is 9.09. The number of carbonyl (C=O) groups is 1. The van der Waals surface area contributed by atoms with Crippen molar-refractivity contribution in [3.05, 3.63) is 93.0 Å². The highest BCUT2D eigenvalue weighted by Gasteiger charge is 2.14. The van der Waals surface area contributed by atoms with Gasteiger partial charge in [0.15, 0.2) is 0 Å². The first-order valence-corrected chi connectivity index (χ1v) is 9.30. The van der Waals surface area contributed by atoms with Crippen LogP contribution >= 0.6 is 0 Å². The Morgan fingerprint density at radius 3 is 2.43 bits per heavy atom. The van der Waals surface area contributed by atoms with Gasteiger partial charge in [0.25, 0.3) is 11.6 Å². The lowest BCUT2D eigenvalue weighted by molar-refractivity contribution is -0.384. The number of carbonyl (C=O) groups excluding carboxylic acids is 1. The fraction of sp³-hybridized carbons (Fsp3) is 0.174. The third-order valence-corrected chi connectivity index (χ3v) is 4.64. The van der Waals surface area contributed by atoms with E-state index in [1.165, 1.54) is 12.1 Å². The van der Waals surface area contributed by atoms with Gasteiger partial charge < -0.3 is 14.8 Å². The number of nitro benzene ring substituents is 1.